The molecule has 0 radical (unpaired) electrons. The van der Waals surface area contributed by atoms with E-state index in [-0.39, 0.29) is 0 Å². The first-order valence-corrected chi connectivity index (χ1v) is 6.78. The van der Waals surface area contributed by atoms with Gasteiger partial charge in [-0.1, -0.05) is 25.1 Å². The molecule has 18 heavy (non-hydrogen) atoms. The van der Waals surface area contributed by atoms with Crippen molar-refractivity contribution in [3.63, 3.8) is 0 Å². The normalized spacial score (nSPS) is 15.8. The Balaban J connectivity index is 1.77. The van der Waals surface area contributed by atoms with Crippen LogP contribution in [0.15, 0.2) is 18.3 Å². The summed E-state index contributed by atoms with van der Waals surface area (Å²) < 4.78 is 5.77. The van der Waals surface area contributed by atoms with E-state index in [0.29, 0.717) is 17.7 Å². The van der Waals surface area contributed by atoms with Crippen LogP contribution < -0.4 is 11.1 Å². The Bertz CT molecular complexity index is 405. The second kappa shape index (κ2) is 6.66. The summed E-state index contributed by atoms with van der Waals surface area (Å²) in [5.74, 6) is 0.736. The number of thiocarbonyl (C=S) groups is 1. The minimum absolute atomic E-state index is 0.363. The van der Waals surface area contributed by atoms with Crippen LogP contribution in [0.5, 0.6) is 0 Å². The van der Waals surface area contributed by atoms with Crippen molar-refractivity contribution in [2.75, 3.05) is 18.5 Å². The molecule has 1 aromatic heterocycles. The van der Waals surface area contributed by atoms with E-state index in [1.54, 1.807) is 6.20 Å². The molecule has 0 spiro atoms. The summed E-state index contributed by atoms with van der Waals surface area (Å²) in [6.45, 7) is 1.42. The minimum Gasteiger partial charge on any atom is -0.389 e. The molecule has 5 heteroatoms. The number of hydrogen-bond donors (Lipinski definition) is 2. The van der Waals surface area contributed by atoms with Crippen LogP contribution in [-0.2, 0) is 4.74 Å². The standard InChI is InChI=1S/C13H19N3OS/c14-12(18)11-6-3-7-15-13(11)16-8-9-17-10-4-1-2-5-10/h3,6-7,10H,1-2,4-5,8-9H2,(H2,14,18)(H,15,16). The number of nitrogens with one attached hydrogen (secondary N) is 1. The number of rotatable bonds is 6. The van der Waals surface area contributed by atoms with E-state index in [9.17, 15) is 0 Å². The van der Waals surface area contributed by atoms with Crippen LogP contribution in [-0.4, -0.2) is 29.2 Å². The zero-order chi connectivity index (χ0) is 12.8. The molecule has 3 N–H and O–H groups in total. The molecule has 0 saturated heterocycles. The fraction of sp³-hybridized carbons (Fsp3) is 0.538. The van der Waals surface area contributed by atoms with Gasteiger partial charge in [0.1, 0.15) is 10.8 Å². The number of nitrogens with zero attached hydrogens (tertiary/aromatic N) is 1. The number of nitrogens with two attached hydrogens (primary N) is 1. The maximum Gasteiger partial charge on any atom is 0.136 e. The number of ether oxygens (including phenoxy) is 1. The predicted octanol–water partition coefficient (Wildman–Crippen LogP) is 2.09. The highest BCUT2D eigenvalue weighted by Gasteiger charge is 2.14. The molecule has 2 rings (SSSR count). The van der Waals surface area contributed by atoms with E-state index in [0.717, 1.165) is 17.9 Å². The van der Waals surface area contributed by atoms with E-state index in [1.807, 2.05) is 12.1 Å². The van der Waals surface area contributed by atoms with Crippen molar-refractivity contribution in [1.82, 2.24) is 4.98 Å². The van der Waals surface area contributed by atoms with Gasteiger partial charge in [-0.25, -0.2) is 4.98 Å². The first kappa shape index (κ1) is 13.2. The van der Waals surface area contributed by atoms with E-state index < -0.39 is 0 Å². The Morgan fingerprint density at radius 1 is 1.50 bits per heavy atom. The maximum absolute atomic E-state index is 5.77. The van der Waals surface area contributed by atoms with E-state index in [4.69, 9.17) is 22.7 Å². The van der Waals surface area contributed by atoms with Gasteiger partial charge in [0.25, 0.3) is 0 Å². The molecule has 0 amide bonds. The average molecular weight is 265 g/mol. The monoisotopic (exact) mass is 265 g/mol. The van der Waals surface area contributed by atoms with Crippen molar-refractivity contribution < 1.29 is 4.74 Å². The summed E-state index contributed by atoms with van der Waals surface area (Å²) in [6.07, 6.45) is 7.16. The molecule has 1 aromatic rings. The summed E-state index contributed by atoms with van der Waals surface area (Å²) in [5, 5.41) is 3.21. The van der Waals surface area contributed by atoms with Gasteiger partial charge in [-0.3, -0.25) is 0 Å². The van der Waals surface area contributed by atoms with Gasteiger partial charge in [0, 0.05) is 12.7 Å². The van der Waals surface area contributed by atoms with Gasteiger partial charge in [-0.15, -0.1) is 0 Å². The van der Waals surface area contributed by atoms with Crippen molar-refractivity contribution in [1.29, 1.82) is 0 Å². The predicted molar refractivity (Wildman–Crippen MR) is 76.8 cm³/mol. The van der Waals surface area contributed by atoms with Gasteiger partial charge >= 0.3 is 0 Å². The van der Waals surface area contributed by atoms with Crippen LogP contribution in [0.1, 0.15) is 31.2 Å². The van der Waals surface area contributed by atoms with E-state index >= 15 is 0 Å². The van der Waals surface area contributed by atoms with Crippen molar-refractivity contribution in [2.45, 2.75) is 31.8 Å². The highest BCUT2D eigenvalue weighted by atomic mass is 32.1. The first-order chi connectivity index (χ1) is 8.77. The smallest absolute Gasteiger partial charge is 0.136 e. The number of anilines is 1. The second-order valence-electron chi connectivity index (χ2n) is 4.47. The number of pyridine rings is 1. The molecule has 0 unspecified atom stereocenters. The molecule has 1 fully saturated rings. The van der Waals surface area contributed by atoms with Gasteiger partial charge in [0.15, 0.2) is 0 Å². The zero-order valence-electron chi connectivity index (χ0n) is 10.4. The summed E-state index contributed by atoms with van der Waals surface area (Å²) in [4.78, 5) is 4.60. The lowest BCUT2D eigenvalue weighted by atomic mass is 10.2. The number of hydrogen-bond acceptors (Lipinski definition) is 4. The Hall–Kier alpha value is -1.20. The third-order valence-corrected chi connectivity index (χ3v) is 3.34. The van der Waals surface area contributed by atoms with E-state index in [1.165, 1.54) is 25.7 Å². The average Bonchev–Trinajstić information content (AvgIpc) is 2.88. The molecule has 0 atom stereocenters. The summed E-state index contributed by atoms with van der Waals surface area (Å²) in [5.41, 5.74) is 6.42. The Kier molecular flexibility index (Phi) is 4.90. The molecular weight excluding hydrogens is 246 g/mol. The highest BCUT2D eigenvalue weighted by molar-refractivity contribution is 7.80. The molecule has 4 nitrogen and oxygen atoms in total. The lowest BCUT2D eigenvalue weighted by molar-refractivity contribution is 0.0658. The number of aromatic nitrogens is 1. The lowest BCUT2D eigenvalue weighted by Gasteiger charge is -2.13. The molecule has 0 aliphatic heterocycles. The van der Waals surface area contributed by atoms with Crippen molar-refractivity contribution in [3.8, 4) is 0 Å². The van der Waals surface area contributed by atoms with Crippen molar-refractivity contribution >= 4 is 23.0 Å². The van der Waals surface area contributed by atoms with Crippen LogP contribution in [0.3, 0.4) is 0 Å². The third-order valence-electron chi connectivity index (χ3n) is 3.12. The lowest BCUT2D eigenvalue weighted by Crippen LogP contribution is -2.19. The quantitative estimate of drug-likeness (QED) is 0.609. The minimum atomic E-state index is 0.363. The third kappa shape index (κ3) is 3.65. The Morgan fingerprint density at radius 2 is 2.28 bits per heavy atom. The fourth-order valence-electron chi connectivity index (χ4n) is 2.20. The van der Waals surface area contributed by atoms with Crippen LogP contribution in [0.4, 0.5) is 5.82 Å². The van der Waals surface area contributed by atoms with Gasteiger partial charge < -0.3 is 15.8 Å². The van der Waals surface area contributed by atoms with Crippen molar-refractivity contribution in [2.24, 2.45) is 5.73 Å². The van der Waals surface area contributed by atoms with Gasteiger partial charge in [0.05, 0.1) is 18.3 Å². The molecule has 1 heterocycles. The maximum atomic E-state index is 5.77. The van der Waals surface area contributed by atoms with Crippen LogP contribution in [0.2, 0.25) is 0 Å². The van der Waals surface area contributed by atoms with Gasteiger partial charge in [-0.2, -0.15) is 0 Å². The molecule has 1 aliphatic rings. The van der Waals surface area contributed by atoms with Crippen LogP contribution in [0.25, 0.3) is 0 Å². The summed E-state index contributed by atoms with van der Waals surface area (Å²) in [6, 6.07) is 3.70. The molecular formula is C13H19N3OS. The highest BCUT2D eigenvalue weighted by Crippen LogP contribution is 2.20. The topological polar surface area (TPSA) is 60.2 Å². The largest absolute Gasteiger partial charge is 0.389 e. The van der Waals surface area contributed by atoms with Crippen molar-refractivity contribution in [3.05, 3.63) is 23.9 Å². The van der Waals surface area contributed by atoms with Crippen LogP contribution >= 0.6 is 12.2 Å². The van der Waals surface area contributed by atoms with E-state index in [2.05, 4.69) is 10.3 Å². The van der Waals surface area contributed by atoms with Crippen LogP contribution in [0, 0.1) is 0 Å². The Morgan fingerprint density at radius 3 is 3.00 bits per heavy atom. The fourth-order valence-corrected chi connectivity index (χ4v) is 2.36. The molecule has 98 valence electrons. The Labute approximate surface area is 113 Å². The SMILES string of the molecule is NC(=S)c1cccnc1NCCOC1CCCC1. The summed E-state index contributed by atoms with van der Waals surface area (Å²) >= 11 is 4.98. The molecule has 0 bridgehead atoms. The summed E-state index contributed by atoms with van der Waals surface area (Å²) in [7, 11) is 0. The van der Waals surface area contributed by atoms with Gasteiger partial charge in [-0.05, 0) is 25.0 Å². The second-order valence-corrected chi connectivity index (χ2v) is 4.91. The molecule has 1 saturated carbocycles. The molecule has 0 aromatic carbocycles. The van der Waals surface area contributed by atoms with Gasteiger partial charge in [0.2, 0.25) is 0 Å². The first-order valence-electron chi connectivity index (χ1n) is 6.37. The zero-order valence-corrected chi connectivity index (χ0v) is 11.2. The molecule has 1 aliphatic carbocycles.